The van der Waals surface area contributed by atoms with E-state index >= 15 is 0 Å². The molecule has 22 heavy (non-hydrogen) atoms. The molecule has 0 radical (unpaired) electrons. The van der Waals surface area contributed by atoms with E-state index in [2.05, 4.69) is 34.5 Å². The molecule has 0 spiro atoms. The second kappa shape index (κ2) is 5.30. The SMILES string of the molecule is O=C(c1n[nH]c2ccccc12)N1CCC(c2ccccc2)C1. The lowest BCUT2D eigenvalue weighted by Gasteiger charge is -2.15. The molecule has 1 saturated heterocycles. The Morgan fingerprint density at radius 1 is 1.09 bits per heavy atom. The van der Waals surface area contributed by atoms with Crippen LogP contribution >= 0.6 is 0 Å². The van der Waals surface area contributed by atoms with Gasteiger partial charge in [0.15, 0.2) is 5.69 Å². The molecule has 4 nitrogen and oxygen atoms in total. The zero-order valence-electron chi connectivity index (χ0n) is 12.2. The summed E-state index contributed by atoms with van der Waals surface area (Å²) in [5, 5.41) is 8.06. The summed E-state index contributed by atoms with van der Waals surface area (Å²) in [6.07, 6.45) is 1.01. The Balaban J connectivity index is 1.57. The third kappa shape index (κ3) is 2.17. The first-order chi connectivity index (χ1) is 10.8. The fourth-order valence-electron chi connectivity index (χ4n) is 3.22. The molecule has 1 amide bonds. The fourth-order valence-corrected chi connectivity index (χ4v) is 3.22. The fraction of sp³-hybridized carbons (Fsp3) is 0.222. The number of benzene rings is 2. The van der Waals surface area contributed by atoms with E-state index in [9.17, 15) is 4.79 Å². The van der Waals surface area contributed by atoms with Crippen molar-refractivity contribution in [1.82, 2.24) is 15.1 Å². The Labute approximate surface area is 128 Å². The number of H-pyrrole nitrogens is 1. The highest BCUT2D eigenvalue weighted by Gasteiger charge is 2.29. The molecule has 1 aliphatic heterocycles. The van der Waals surface area contributed by atoms with Crippen molar-refractivity contribution in [3.8, 4) is 0 Å². The minimum absolute atomic E-state index is 0.0240. The number of aromatic amines is 1. The van der Waals surface area contributed by atoms with Crippen LogP contribution in [0.15, 0.2) is 54.6 Å². The molecule has 1 atom stereocenters. The Kier molecular flexibility index (Phi) is 3.15. The lowest BCUT2D eigenvalue weighted by atomic mass is 9.99. The smallest absolute Gasteiger partial charge is 0.275 e. The summed E-state index contributed by atoms with van der Waals surface area (Å²) in [6, 6.07) is 18.2. The average molecular weight is 291 g/mol. The van der Waals surface area contributed by atoms with E-state index < -0.39 is 0 Å². The van der Waals surface area contributed by atoms with E-state index in [1.807, 2.05) is 35.2 Å². The van der Waals surface area contributed by atoms with Crippen molar-refractivity contribution in [2.75, 3.05) is 13.1 Å². The zero-order valence-corrected chi connectivity index (χ0v) is 12.2. The number of amides is 1. The van der Waals surface area contributed by atoms with Gasteiger partial charge in [0.1, 0.15) is 0 Å². The number of fused-ring (bicyclic) bond motifs is 1. The highest BCUT2D eigenvalue weighted by Crippen LogP contribution is 2.28. The first kappa shape index (κ1) is 13.1. The van der Waals surface area contributed by atoms with Crippen molar-refractivity contribution in [1.29, 1.82) is 0 Å². The maximum atomic E-state index is 12.7. The van der Waals surface area contributed by atoms with E-state index in [-0.39, 0.29) is 5.91 Å². The van der Waals surface area contributed by atoms with E-state index in [1.54, 1.807) is 0 Å². The zero-order chi connectivity index (χ0) is 14.9. The maximum absolute atomic E-state index is 12.7. The monoisotopic (exact) mass is 291 g/mol. The van der Waals surface area contributed by atoms with Crippen LogP contribution in [-0.2, 0) is 0 Å². The molecule has 4 rings (SSSR count). The Morgan fingerprint density at radius 2 is 1.86 bits per heavy atom. The molecule has 3 aromatic rings. The number of nitrogens with one attached hydrogen (secondary N) is 1. The van der Waals surface area contributed by atoms with Crippen LogP contribution in [0, 0.1) is 0 Å². The Morgan fingerprint density at radius 3 is 2.73 bits per heavy atom. The maximum Gasteiger partial charge on any atom is 0.275 e. The predicted molar refractivity (Wildman–Crippen MR) is 85.8 cm³/mol. The number of rotatable bonds is 2. The molecule has 2 aromatic carbocycles. The van der Waals surface area contributed by atoms with E-state index in [0.717, 1.165) is 30.4 Å². The van der Waals surface area contributed by atoms with Crippen LogP contribution in [0.2, 0.25) is 0 Å². The number of likely N-dealkylation sites (tertiary alicyclic amines) is 1. The summed E-state index contributed by atoms with van der Waals surface area (Å²) in [5.41, 5.74) is 2.75. The number of carbonyl (C=O) groups is 1. The number of hydrogen-bond donors (Lipinski definition) is 1. The van der Waals surface area contributed by atoms with Crippen molar-refractivity contribution in [2.45, 2.75) is 12.3 Å². The van der Waals surface area contributed by atoms with Gasteiger partial charge >= 0.3 is 0 Å². The highest BCUT2D eigenvalue weighted by molar-refractivity contribution is 6.04. The van der Waals surface area contributed by atoms with Gasteiger partial charge in [-0.2, -0.15) is 5.10 Å². The van der Waals surface area contributed by atoms with Crippen LogP contribution in [0.25, 0.3) is 10.9 Å². The van der Waals surface area contributed by atoms with Gasteiger partial charge in [-0.15, -0.1) is 0 Å². The third-order valence-corrected chi connectivity index (χ3v) is 4.42. The van der Waals surface area contributed by atoms with Crippen molar-refractivity contribution >= 4 is 16.8 Å². The first-order valence-electron chi connectivity index (χ1n) is 7.60. The molecule has 1 aliphatic rings. The molecule has 1 unspecified atom stereocenters. The summed E-state index contributed by atoms with van der Waals surface area (Å²) in [5.74, 6) is 0.450. The number of aromatic nitrogens is 2. The first-order valence-corrected chi connectivity index (χ1v) is 7.60. The van der Waals surface area contributed by atoms with Gasteiger partial charge in [0.05, 0.1) is 5.52 Å². The number of hydrogen-bond acceptors (Lipinski definition) is 2. The van der Waals surface area contributed by atoms with Crippen LogP contribution in [-0.4, -0.2) is 34.1 Å². The van der Waals surface area contributed by atoms with Crippen molar-refractivity contribution in [3.63, 3.8) is 0 Å². The van der Waals surface area contributed by atoms with Gasteiger partial charge in [-0.1, -0.05) is 48.5 Å². The summed E-state index contributed by atoms with van der Waals surface area (Å²) >= 11 is 0. The number of para-hydroxylation sites is 1. The normalized spacial score (nSPS) is 18.0. The van der Waals surface area contributed by atoms with Crippen LogP contribution < -0.4 is 0 Å². The summed E-state index contributed by atoms with van der Waals surface area (Å²) in [7, 11) is 0. The van der Waals surface area contributed by atoms with Gasteiger partial charge < -0.3 is 4.90 Å². The van der Waals surface area contributed by atoms with Crippen molar-refractivity contribution < 1.29 is 4.79 Å². The number of carbonyl (C=O) groups excluding carboxylic acids is 1. The van der Waals surface area contributed by atoms with Crippen molar-refractivity contribution in [2.24, 2.45) is 0 Å². The second-order valence-electron chi connectivity index (χ2n) is 5.77. The van der Waals surface area contributed by atoms with E-state index in [0.29, 0.717) is 11.6 Å². The van der Waals surface area contributed by atoms with Gasteiger partial charge in [0.25, 0.3) is 5.91 Å². The second-order valence-corrected chi connectivity index (χ2v) is 5.77. The topological polar surface area (TPSA) is 49.0 Å². The van der Waals surface area contributed by atoms with Gasteiger partial charge in [-0.3, -0.25) is 9.89 Å². The average Bonchev–Trinajstić information content (AvgIpc) is 3.22. The minimum atomic E-state index is 0.0240. The molecular formula is C18H17N3O. The Hall–Kier alpha value is -2.62. The van der Waals surface area contributed by atoms with Gasteiger partial charge in [-0.25, -0.2) is 0 Å². The molecule has 0 aliphatic carbocycles. The molecule has 0 saturated carbocycles. The van der Waals surface area contributed by atoms with E-state index in [1.165, 1.54) is 5.56 Å². The van der Waals surface area contributed by atoms with Gasteiger partial charge in [0.2, 0.25) is 0 Å². The molecule has 2 heterocycles. The molecular weight excluding hydrogens is 274 g/mol. The third-order valence-electron chi connectivity index (χ3n) is 4.42. The van der Waals surface area contributed by atoms with Crippen LogP contribution in [0.3, 0.4) is 0 Å². The largest absolute Gasteiger partial charge is 0.337 e. The highest BCUT2D eigenvalue weighted by atomic mass is 16.2. The molecule has 1 aromatic heterocycles. The molecule has 4 heteroatoms. The summed E-state index contributed by atoms with van der Waals surface area (Å²) in [4.78, 5) is 14.7. The van der Waals surface area contributed by atoms with E-state index in [4.69, 9.17) is 0 Å². The van der Waals surface area contributed by atoms with Crippen LogP contribution in [0.1, 0.15) is 28.4 Å². The van der Waals surface area contributed by atoms with Gasteiger partial charge in [0, 0.05) is 24.4 Å². The molecule has 110 valence electrons. The molecule has 0 bridgehead atoms. The standard InChI is InChI=1S/C18H17N3O/c22-18(17-15-8-4-5-9-16(15)19-20-17)21-11-10-14(12-21)13-6-2-1-3-7-13/h1-9,14H,10-12H2,(H,19,20). The molecule has 1 fully saturated rings. The van der Waals surface area contributed by atoms with Crippen LogP contribution in [0.5, 0.6) is 0 Å². The minimum Gasteiger partial charge on any atom is -0.337 e. The van der Waals surface area contributed by atoms with Crippen molar-refractivity contribution in [3.05, 3.63) is 65.9 Å². The Bertz CT molecular complexity index is 809. The van der Waals surface area contributed by atoms with Gasteiger partial charge in [-0.05, 0) is 18.1 Å². The number of nitrogens with zero attached hydrogens (tertiary/aromatic N) is 2. The predicted octanol–water partition coefficient (Wildman–Crippen LogP) is 3.19. The summed E-state index contributed by atoms with van der Waals surface area (Å²) < 4.78 is 0. The lowest BCUT2D eigenvalue weighted by Crippen LogP contribution is -2.28. The summed E-state index contributed by atoms with van der Waals surface area (Å²) in [6.45, 7) is 1.56. The lowest BCUT2D eigenvalue weighted by molar-refractivity contribution is 0.0787. The molecule has 1 N–H and O–H groups in total. The van der Waals surface area contributed by atoms with Crippen LogP contribution in [0.4, 0.5) is 0 Å². The quantitative estimate of drug-likeness (QED) is 0.788.